The van der Waals surface area contributed by atoms with Crippen molar-refractivity contribution >= 4 is 5.91 Å². The Balaban J connectivity index is 2.47. The maximum absolute atomic E-state index is 12.8. The fourth-order valence-electron chi connectivity index (χ4n) is 2.35. The highest BCUT2D eigenvalue weighted by Gasteiger charge is 2.25. The van der Waals surface area contributed by atoms with Crippen molar-refractivity contribution in [2.45, 2.75) is 51.6 Å². The average Bonchev–Trinajstić information content (AvgIpc) is 2.40. The number of amides is 1. The molecule has 112 valence electrons. The van der Waals surface area contributed by atoms with Crippen LogP contribution < -0.4 is 5.32 Å². The van der Waals surface area contributed by atoms with Gasteiger partial charge in [-0.3, -0.25) is 4.79 Å². The highest BCUT2D eigenvalue weighted by molar-refractivity contribution is 5.78. The predicted octanol–water partition coefficient (Wildman–Crippen LogP) is 2.82. The minimum absolute atomic E-state index is 0.151. The van der Waals surface area contributed by atoms with Gasteiger partial charge in [-0.2, -0.15) is 0 Å². The van der Waals surface area contributed by atoms with Gasteiger partial charge in [0.15, 0.2) is 0 Å². The average molecular weight is 281 g/mol. The van der Waals surface area contributed by atoms with Crippen molar-refractivity contribution in [2.75, 3.05) is 6.54 Å². The van der Waals surface area contributed by atoms with Gasteiger partial charge in [-0.05, 0) is 30.5 Å². The summed E-state index contributed by atoms with van der Waals surface area (Å²) in [6.07, 6.45) is 3.32. The zero-order valence-corrected chi connectivity index (χ0v) is 12.3. The number of nitrogens with one attached hydrogen (secondary N) is 1. The van der Waals surface area contributed by atoms with E-state index in [1.165, 1.54) is 12.1 Å². The summed E-state index contributed by atoms with van der Waals surface area (Å²) >= 11 is 0. The van der Waals surface area contributed by atoms with Gasteiger partial charge in [0.2, 0.25) is 5.91 Å². The van der Waals surface area contributed by atoms with E-state index < -0.39 is 5.60 Å². The molecule has 1 aromatic rings. The summed E-state index contributed by atoms with van der Waals surface area (Å²) in [6.45, 7) is 4.30. The Morgan fingerprint density at radius 1 is 1.20 bits per heavy atom. The molecule has 4 heteroatoms. The van der Waals surface area contributed by atoms with E-state index in [1.54, 1.807) is 12.1 Å². The Kier molecular flexibility index (Phi) is 6.65. The second-order valence-electron chi connectivity index (χ2n) is 5.30. The molecule has 0 spiro atoms. The second-order valence-corrected chi connectivity index (χ2v) is 5.30. The van der Waals surface area contributed by atoms with Crippen molar-refractivity contribution in [3.8, 4) is 0 Å². The van der Waals surface area contributed by atoms with Crippen LogP contribution in [0.1, 0.15) is 45.1 Å². The SMILES string of the molecule is CCCC(O)(CCC)CNC(=O)Cc1ccc(F)cc1. The van der Waals surface area contributed by atoms with Gasteiger partial charge in [-0.1, -0.05) is 38.8 Å². The van der Waals surface area contributed by atoms with Gasteiger partial charge in [-0.25, -0.2) is 4.39 Å². The standard InChI is InChI=1S/C16H24FNO2/c1-3-9-16(20,10-4-2)12-18-15(19)11-13-5-7-14(17)8-6-13/h5-8,20H,3-4,9-12H2,1-2H3,(H,18,19). The van der Waals surface area contributed by atoms with E-state index in [1.807, 2.05) is 13.8 Å². The van der Waals surface area contributed by atoms with Crippen LogP contribution in [-0.2, 0) is 11.2 Å². The number of halogens is 1. The van der Waals surface area contributed by atoms with Gasteiger partial charge in [0, 0.05) is 6.54 Å². The van der Waals surface area contributed by atoms with Gasteiger partial charge < -0.3 is 10.4 Å². The molecule has 0 aromatic heterocycles. The quantitative estimate of drug-likeness (QED) is 0.770. The summed E-state index contributed by atoms with van der Waals surface area (Å²) in [7, 11) is 0. The Morgan fingerprint density at radius 2 is 1.75 bits per heavy atom. The Bertz CT molecular complexity index is 411. The molecule has 0 aliphatic rings. The zero-order chi connectivity index (χ0) is 15.0. The fraction of sp³-hybridized carbons (Fsp3) is 0.562. The Morgan fingerprint density at radius 3 is 2.25 bits per heavy atom. The van der Waals surface area contributed by atoms with Crippen LogP contribution in [0.4, 0.5) is 4.39 Å². The topological polar surface area (TPSA) is 49.3 Å². The van der Waals surface area contributed by atoms with Crippen molar-refractivity contribution in [3.05, 3.63) is 35.6 Å². The molecule has 0 aliphatic carbocycles. The van der Waals surface area contributed by atoms with Crippen molar-refractivity contribution in [2.24, 2.45) is 0 Å². The van der Waals surface area contributed by atoms with Crippen LogP contribution in [0.5, 0.6) is 0 Å². The maximum atomic E-state index is 12.8. The number of carbonyl (C=O) groups excluding carboxylic acids is 1. The molecule has 2 N–H and O–H groups in total. The fourth-order valence-corrected chi connectivity index (χ4v) is 2.35. The van der Waals surface area contributed by atoms with E-state index in [9.17, 15) is 14.3 Å². The molecular formula is C16H24FNO2. The zero-order valence-electron chi connectivity index (χ0n) is 12.3. The minimum atomic E-state index is -0.818. The molecule has 0 bridgehead atoms. The first-order valence-corrected chi connectivity index (χ1v) is 7.22. The van der Waals surface area contributed by atoms with Gasteiger partial charge in [-0.15, -0.1) is 0 Å². The normalized spacial score (nSPS) is 11.4. The summed E-state index contributed by atoms with van der Waals surface area (Å²) in [5.41, 5.74) is -0.0551. The third-order valence-electron chi connectivity index (χ3n) is 3.32. The summed E-state index contributed by atoms with van der Waals surface area (Å²) in [5.74, 6) is -0.461. The molecule has 0 unspecified atom stereocenters. The number of aliphatic hydroxyl groups is 1. The third-order valence-corrected chi connectivity index (χ3v) is 3.32. The summed E-state index contributed by atoms with van der Waals surface area (Å²) in [5, 5.41) is 13.2. The monoisotopic (exact) mass is 281 g/mol. The van der Waals surface area contributed by atoms with E-state index >= 15 is 0 Å². The van der Waals surface area contributed by atoms with E-state index in [4.69, 9.17) is 0 Å². The molecule has 1 amide bonds. The van der Waals surface area contributed by atoms with E-state index in [-0.39, 0.29) is 24.7 Å². The molecule has 0 fully saturated rings. The predicted molar refractivity (Wildman–Crippen MR) is 77.9 cm³/mol. The molecule has 0 atom stereocenters. The maximum Gasteiger partial charge on any atom is 0.224 e. The van der Waals surface area contributed by atoms with Gasteiger partial charge in [0.05, 0.1) is 12.0 Å². The van der Waals surface area contributed by atoms with E-state index in [0.717, 1.165) is 18.4 Å². The molecule has 1 rings (SSSR count). The molecule has 3 nitrogen and oxygen atoms in total. The number of carbonyl (C=O) groups is 1. The third kappa shape index (κ3) is 5.70. The highest BCUT2D eigenvalue weighted by Crippen LogP contribution is 2.18. The van der Waals surface area contributed by atoms with Gasteiger partial charge in [0.25, 0.3) is 0 Å². The number of hydrogen-bond acceptors (Lipinski definition) is 2. The van der Waals surface area contributed by atoms with Crippen LogP contribution in [0, 0.1) is 5.82 Å². The molecule has 20 heavy (non-hydrogen) atoms. The van der Waals surface area contributed by atoms with Crippen LogP contribution in [0.25, 0.3) is 0 Å². The van der Waals surface area contributed by atoms with Crippen molar-refractivity contribution in [3.63, 3.8) is 0 Å². The lowest BCUT2D eigenvalue weighted by molar-refractivity contribution is -0.121. The van der Waals surface area contributed by atoms with E-state index in [2.05, 4.69) is 5.32 Å². The number of rotatable bonds is 8. The summed E-state index contributed by atoms with van der Waals surface area (Å²) in [4.78, 5) is 11.8. The van der Waals surface area contributed by atoms with Crippen molar-refractivity contribution < 1.29 is 14.3 Å². The molecule has 0 aliphatic heterocycles. The van der Waals surface area contributed by atoms with Crippen LogP contribution in [0.2, 0.25) is 0 Å². The molecule has 0 heterocycles. The molecule has 0 radical (unpaired) electrons. The first kappa shape index (κ1) is 16.6. The van der Waals surface area contributed by atoms with Crippen LogP contribution in [-0.4, -0.2) is 23.2 Å². The smallest absolute Gasteiger partial charge is 0.224 e. The van der Waals surface area contributed by atoms with Crippen LogP contribution >= 0.6 is 0 Å². The molecule has 0 saturated heterocycles. The van der Waals surface area contributed by atoms with Gasteiger partial charge in [0.1, 0.15) is 5.82 Å². The van der Waals surface area contributed by atoms with Crippen LogP contribution in [0.3, 0.4) is 0 Å². The lowest BCUT2D eigenvalue weighted by Crippen LogP contribution is -2.43. The van der Waals surface area contributed by atoms with Crippen molar-refractivity contribution in [1.29, 1.82) is 0 Å². The second kappa shape index (κ2) is 8.00. The summed E-state index contributed by atoms with van der Waals surface area (Å²) < 4.78 is 12.8. The van der Waals surface area contributed by atoms with E-state index in [0.29, 0.717) is 12.8 Å². The van der Waals surface area contributed by atoms with Gasteiger partial charge >= 0.3 is 0 Å². The summed E-state index contributed by atoms with van der Waals surface area (Å²) in [6, 6.07) is 5.87. The number of benzene rings is 1. The first-order chi connectivity index (χ1) is 9.49. The first-order valence-electron chi connectivity index (χ1n) is 7.22. The largest absolute Gasteiger partial charge is 0.388 e. The van der Waals surface area contributed by atoms with Crippen LogP contribution in [0.15, 0.2) is 24.3 Å². The molecule has 0 saturated carbocycles. The lowest BCUT2D eigenvalue weighted by Gasteiger charge is -2.27. The Labute approximate surface area is 120 Å². The lowest BCUT2D eigenvalue weighted by atomic mass is 9.92. The number of hydrogen-bond donors (Lipinski definition) is 2. The minimum Gasteiger partial charge on any atom is -0.388 e. The molecular weight excluding hydrogens is 257 g/mol. The highest BCUT2D eigenvalue weighted by atomic mass is 19.1. The van der Waals surface area contributed by atoms with Crippen molar-refractivity contribution in [1.82, 2.24) is 5.32 Å². The Hall–Kier alpha value is -1.42. The molecule has 1 aromatic carbocycles.